The number of hydrogen-bond acceptors (Lipinski definition) is 3. The Hall–Kier alpha value is -2.43. The maximum Gasteiger partial charge on any atom is 0.310 e. The van der Waals surface area contributed by atoms with Crippen LogP contribution in [0.1, 0.15) is 18.4 Å². The minimum atomic E-state index is -0.857. The molecule has 1 aromatic carbocycles. The topological polar surface area (TPSA) is 83.0 Å². The molecule has 5 nitrogen and oxygen atoms in total. The molecule has 0 aliphatic heterocycles. The van der Waals surface area contributed by atoms with Crippen molar-refractivity contribution in [2.45, 2.75) is 12.8 Å². The van der Waals surface area contributed by atoms with Crippen LogP contribution in [0.15, 0.2) is 41.2 Å². The van der Waals surface area contributed by atoms with Crippen LogP contribution in [0.2, 0.25) is 0 Å². The molecule has 0 spiro atoms. The van der Waals surface area contributed by atoms with E-state index >= 15 is 0 Å². The van der Waals surface area contributed by atoms with Crippen LogP contribution in [0.25, 0.3) is 11.3 Å². The molecule has 0 bridgehead atoms. The lowest BCUT2D eigenvalue weighted by atomic mass is 9.99. The highest BCUT2D eigenvalue weighted by molar-refractivity contribution is 5.75. The summed E-state index contributed by atoms with van der Waals surface area (Å²) in [6.45, 7) is 1.63. The Morgan fingerprint density at radius 2 is 1.89 bits per heavy atom. The summed E-state index contributed by atoms with van der Waals surface area (Å²) in [5.74, 6) is -1.40. The number of carboxylic acids is 1. The molecule has 0 aliphatic carbocycles. The Balaban J connectivity index is 2.30. The standard InChI is InChI=1S/C13H12N2O3/c1-8(13(17)18)9-2-4-10(5-3-9)11-6-7-12(16)15-14-11/h2-8H,1H3,(H,15,16)(H,17,18). The van der Waals surface area contributed by atoms with E-state index in [0.29, 0.717) is 5.69 Å². The van der Waals surface area contributed by atoms with Gasteiger partial charge in [0.2, 0.25) is 0 Å². The molecule has 2 aromatic rings. The lowest BCUT2D eigenvalue weighted by molar-refractivity contribution is -0.138. The fourth-order valence-corrected chi connectivity index (χ4v) is 1.59. The molecule has 1 aromatic heterocycles. The van der Waals surface area contributed by atoms with Crippen molar-refractivity contribution in [1.82, 2.24) is 10.2 Å². The zero-order valence-electron chi connectivity index (χ0n) is 9.75. The molecule has 2 N–H and O–H groups in total. The van der Waals surface area contributed by atoms with Crippen molar-refractivity contribution in [3.05, 3.63) is 52.3 Å². The molecule has 1 atom stereocenters. The van der Waals surface area contributed by atoms with Crippen molar-refractivity contribution < 1.29 is 9.90 Å². The van der Waals surface area contributed by atoms with Crippen LogP contribution in [0.5, 0.6) is 0 Å². The van der Waals surface area contributed by atoms with Gasteiger partial charge < -0.3 is 5.11 Å². The lowest BCUT2D eigenvalue weighted by Gasteiger charge is -2.07. The van der Waals surface area contributed by atoms with E-state index in [0.717, 1.165) is 11.1 Å². The van der Waals surface area contributed by atoms with E-state index in [9.17, 15) is 9.59 Å². The molecule has 92 valence electrons. The number of aromatic nitrogens is 2. The summed E-state index contributed by atoms with van der Waals surface area (Å²) in [5, 5.41) is 15.2. The highest BCUT2D eigenvalue weighted by atomic mass is 16.4. The van der Waals surface area contributed by atoms with Crippen LogP contribution in [0, 0.1) is 0 Å². The highest BCUT2D eigenvalue weighted by Gasteiger charge is 2.13. The number of benzene rings is 1. The van der Waals surface area contributed by atoms with Gasteiger partial charge in [0.05, 0.1) is 11.6 Å². The Kier molecular flexibility index (Phi) is 3.23. The first-order valence-electron chi connectivity index (χ1n) is 5.47. The van der Waals surface area contributed by atoms with Gasteiger partial charge in [-0.05, 0) is 18.6 Å². The van der Waals surface area contributed by atoms with Crippen molar-refractivity contribution in [3.8, 4) is 11.3 Å². The summed E-state index contributed by atoms with van der Waals surface area (Å²) in [7, 11) is 0. The summed E-state index contributed by atoms with van der Waals surface area (Å²) in [6, 6.07) is 10.1. The fourth-order valence-electron chi connectivity index (χ4n) is 1.59. The van der Waals surface area contributed by atoms with Gasteiger partial charge in [-0.1, -0.05) is 24.3 Å². The molecule has 0 fully saturated rings. The average Bonchev–Trinajstić information content (AvgIpc) is 2.39. The van der Waals surface area contributed by atoms with Crippen molar-refractivity contribution in [2.75, 3.05) is 0 Å². The number of nitrogens with zero attached hydrogens (tertiary/aromatic N) is 1. The van der Waals surface area contributed by atoms with Gasteiger partial charge >= 0.3 is 5.97 Å². The van der Waals surface area contributed by atoms with Crippen LogP contribution in [0.3, 0.4) is 0 Å². The first-order valence-corrected chi connectivity index (χ1v) is 5.47. The maximum atomic E-state index is 10.9. The van der Waals surface area contributed by atoms with E-state index in [1.165, 1.54) is 6.07 Å². The minimum Gasteiger partial charge on any atom is -0.481 e. The van der Waals surface area contributed by atoms with E-state index in [1.54, 1.807) is 37.3 Å². The zero-order valence-corrected chi connectivity index (χ0v) is 9.75. The van der Waals surface area contributed by atoms with E-state index in [4.69, 9.17) is 5.11 Å². The van der Waals surface area contributed by atoms with E-state index < -0.39 is 11.9 Å². The maximum absolute atomic E-state index is 10.9. The summed E-state index contributed by atoms with van der Waals surface area (Å²) in [4.78, 5) is 21.7. The van der Waals surface area contributed by atoms with Crippen LogP contribution >= 0.6 is 0 Å². The molecule has 1 unspecified atom stereocenters. The zero-order chi connectivity index (χ0) is 13.1. The number of carboxylic acid groups (broad SMARTS) is 1. The van der Waals surface area contributed by atoms with Gasteiger partial charge in [0.25, 0.3) is 5.56 Å². The van der Waals surface area contributed by atoms with Crippen molar-refractivity contribution in [3.63, 3.8) is 0 Å². The number of rotatable bonds is 3. The Bertz CT molecular complexity index is 596. The number of H-pyrrole nitrogens is 1. The number of hydrogen-bond donors (Lipinski definition) is 2. The van der Waals surface area contributed by atoms with Gasteiger partial charge in [0.15, 0.2) is 0 Å². The molecule has 0 saturated heterocycles. The molecule has 0 aliphatic rings. The number of aliphatic carboxylic acids is 1. The molecular formula is C13H12N2O3. The molecule has 2 rings (SSSR count). The van der Waals surface area contributed by atoms with Gasteiger partial charge in [-0.15, -0.1) is 0 Å². The summed E-state index contributed by atoms with van der Waals surface area (Å²) in [5.41, 5.74) is 1.95. The average molecular weight is 244 g/mol. The molecule has 0 amide bonds. The SMILES string of the molecule is CC(C(=O)O)c1ccc(-c2ccc(=O)[nH]n2)cc1. The molecule has 1 heterocycles. The van der Waals surface area contributed by atoms with Crippen LogP contribution in [-0.4, -0.2) is 21.3 Å². The largest absolute Gasteiger partial charge is 0.481 e. The third-order valence-electron chi connectivity index (χ3n) is 2.76. The first-order chi connectivity index (χ1) is 8.58. The second-order valence-corrected chi connectivity index (χ2v) is 3.99. The van der Waals surface area contributed by atoms with Crippen LogP contribution in [-0.2, 0) is 4.79 Å². The van der Waals surface area contributed by atoms with Crippen LogP contribution in [0.4, 0.5) is 0 Å². The van der Waals surface area contributed by atoms with Gasteiger partial charge in [0, 0.05) is 11.6 Å². The predicted molar refractivity (Wildman–Crippen MR) is 66.3 cm³/mol. The molecule has 0 radical (unpaired) electrons. The van der Waals surface area contributed by atoms with Gasteiger partial charge in [-0.2, -0.15) is 5.10 Å². The van der Waals surface area contributed by atoms with Crippen molar-refractivity contribution in [2.24, 2.45) is 0 Å². The molecule has 0 saturated carbocycles. The quantitative estimate of drug-likeness (QED) is 0.859. The van der Waals surface area contributed by atoms with Gasteiger partial charge in [-0.3, -0.25) is 9.59 Å². The minimum absolute atomic E-state index is 0.255. The van der Waals surface area contributed by atoms with E-state index in [-0.39, 0.29) is 5.56 Å². The normalized spacial score (nSPS) is 12.1. The van der Waals surface area contributed by atoms with Crippen LogP contribution < -0.4 is 5.56 Å². The van der Waals surface area contributed by atoms with E-state index in [1.807, 2.05) is 0 Å². The van der Waals surface area contributed by atoms with Gasteiger partial charge in [-0.25, -0.2) is 5.10 Å². The monoisotopic (exact) mass is 244 g/mol. The third kappa shape index (κ3) is 2.45. The summed E-state index contributed by atoms with van der Waals surface area (Å²) in [6.07, 6.45) is 0. The second kappa shape index (κ2) is 4.83. The second-order valence-electron chi connectivity index (χ2n) is 3.99. The number of aromatic amines is 1. The Morgan fingerprint density at radius 3 is 2.39 bits per heavy atom. The molecular weight excluding hydrogens is 232 g/mol. The Morgan fingerprint density at radius 1 is 1.22 bits per heavy atom. The molecule has 18 heavy (non-hydrogen) atoms. The lowest BCUT2D eigenvalue weighted by Crippen LogP contribution is -2.07. The highest BCUT2D eigenvalue weighted by Crippen LogP contribution is 2.20. The van der Waals surface area contributed by atoms with Gasteiger partial charge in [0.1, 0.15) is 0 Å². The molecule has 5 heteroatoms. The predicted octanol–water partition coefficient (Wildman–Crippen LogP) is 1.62. The Labute approximate surface area is 103 Å². The first kappa shape index (κ1) is 12.0. The third-order valence-corrected chi connectivity index (χ3v) is 2.76. The summed E-state index contributed by atoms with van der Waals surface area (Å²) < 4.78 is 0. The van der Waals surface area contributed by atoms with E-state index in [2.05, 4.69) is 10.2 Å². The fraction of sp³-hybridized carbons (Fsp3) is 0.154. The number of nitrogens with one attached hydrogen (secondary N) is 1. The number of carbonyl (C=O) groups is 1. The van der Waals surface area contributed by atoms with Crippen molar-refractivity contribution in [1.29, 1.82) is 0 Å². The smallest absolute Gasteiger partial charge is 0.310 e. The van der Waals surface area contributed by atoms with Crippen molar-refractivity contribution >= 4 is 5.97 Å². The summed E-state index contributed by atoms with van der Waals surface area (Å²) >= 11 is 0.